The van der Waals surface area contributed by atoms with Gasteiger partial charge < -0.3 is 4.90 Å². The number of carbonyl (C=O) groups is 1. The predicted molar refractivity (Wildman–Crippen MR) is 65.0 cm³/mol. The van der Waals surface area contributed by atoms with Crippen LogP contribution in [-0.4, -0.2) is 12.5 Å². The Balaban J connectivity index is 2.20. The van der Waals surface area contributed by atoms with Crippen LogP contribution in [0.15, 0.2) is 28.7 Å². The number of amides is 1. The van der Waals surface area contributed by atoms with Gasteiger partial charge in [0.25, 0.3) is 0 Å². The van der Waals surface area contributed by atoms with Gasteiger partial charge in [-0.25, -0.2) is 0 Å². The van der Waals surface area contributed by atoms with Crippen LogP contribution in [0.5, 0.6) is 0 Å². The highest BCUT2D eigenvalue weighted by Crippen LogP contribution is 2.22. The van der Waals surface area contributed by atoms with E-state index in [9.17, 15) is 4.79 Å². The number of halogens is 1. The largest absolute Gasteiger partial charge is 0.312 e. The molecular weight excluding hydrogens is 254 g/mol. The molecule has 1 aliphatic heterocycles. The van der Waals surface area contributed by atoms with Crippen LogP contribution >= 0.6 is 15.9 Å². The Labute approximate surface area is 98.4 Å². The summed E-state index contributed by atoms with van der Waals surface area (Å²) in [6, 6.07) is 7.95. The molecule has 0 bridgehead atoms. The van der Waals surface area contributed by atoms with Gasteiger partial charge in [0, 0.05) is 23.1 Å². The zero-order chi connectivity index (χ0) is 10.7. The van der Waals surface area contributed by atoms with Crippen LogP contribution < -0.4 is 4.90 Å². The van der Waals surface area contributed by atoms with Gasteiger partial charge in [0.1, 0.15) is 0 Å². The van der Waals surface area contributed by atoms with E-state index in [2.05, 4.69) is 15.9 Å². The van der Waals surface area contributed by atoms with Crippen molar-refractivity contribution in [2.75, 3.05) is 11.4 Å². The number of rotatable bonds is 1. The molecule has 15 heavy (non-hydrogen) atoms. The molecule has 0 saturated carbocycles. The molecule has 0 unspecified atom stereocenters. The normalized spacial score (nSPS) is 17.7. The lowest BCUT2D eigenvalue weighted by atomic mass is 10.2. The standard InChI is InChI=1S/C12H14BrNO/c13-10-5-7-11(8-6-10)14-9-3-1-2-4-12(14)15/h5-8H,1-4,9H2. The maximum absolute atomic E-state index is 11.8. The highest BCUT2D eigenvalue weighted by atomic mass is 79.9. The third kappa shape index (κ3) is 2.59. The van der Waals surface area contributed by atoms with Crippen LogP contribution in [0.3, 0.4) is 0 Å². The summed E-state index contributed by atoms with van der Waals surface area (Å²) in [5.74, 6) is 0.259. The number of hydrogen-bond acceptors (Lipinski definition) is 1. The molecule has 1 heterocycles. The number of benzene rings is 1. The summed E-state index contributed by atoms with van der Waals surface area (Å²) in [5, 5.41) is 0. The van der Waals surface area contributed by atoms with Crippen molar-refractivity contribution in [1.82, 2.24) is 0 Å². The molecular formula is C12H14BrNO. The summed E-state index contributed by atoms with van der Waals surface area (Å²) in [6.07, 6.45) is 4.00. The maximum Gasteiger partial charge on any atom is 0.226 e. The second-order valence-electron chi connectivity index (χ2n) is 3.83. The third-order valence-electron chi connectivity index (χ3n) is 2.71. The Morgan fingerprint density at radius 2 is 1.80 bits per heavy atom. The fourth-order valence-electron chi connectivity index (χ4n) is 1.88. The molecule has 80 valence electrons. The summed E-state index contributed by atoms with van der Waals surface area (Å²) in [7, 11) is 0. The quantitative estimate of drug-likeness (QED) is 0.764. The summed E-state index contributed by atoms with van der Waals surface area (Å²) < 4.78 is 1.05. The Morgan fingerprint density at radius 1 is 1.07 bits per heavy atom. The van der Waals surface area contributed by atoms with Gasteiger partial charge in [-0.15, -0.1) is 0 Å². The molecule has 0 N–H and O–H groups in total. The molecule has 1 aromatic rings. The van der Waals surface area contributed by atoms with Crippen molar-refractivity contribution < 1.29 is 4.79 Å². The highest BCUT2D eigenvalue weighted by molar-refractivity contribution is 9.10. The van der Waals surface area contributed by atoms with Crippen molar-refractivity contribution >= 4 is 27.5 Å². The van der Waals surface area contributed by atoms with Gasteiger partial charge in [-0.1, -0.05) is 22.4 Å². The SMILES string of the molecule is O=C1CCCCCN1c1ccc(Br)cc1. The Bertz CT molecular complexity index is 347. The van der Waals surface area contributed by atoms with Crippen molar-refractivity contribution in [1.29, 1.82) is 0 Å². The van der Waals surface area contributed by atoms with Gasteiger partial charge in [-0.2, -0.15) is 0 Å². The van der Waals surface area contributed by atoms with Crippen LogP contribution in [0, 0.1) is 0 Å². The molecule has 2 nitrogen and oxygen atoms in total. The van der Waals surface area contributed by atoms with Crippen molar-refractivity contribution in [2.45, 2.75) is 25.7 Å². The van der Waals surface area contributed by atoms with Crippen molar-refractivity contribution in [2.24, 2.45) is 0 Å². The zero-order valence-electron chi connectivity index (χ0n) is 8.58. The van der Waals surface area contributed by atoms with Crippen molar-refractivity contribution in [3.05, 3.63) is 28.7 Å². The average Bonchev–Trinajstić information content (AvgIpc) is 2.44. The van der Waals surface area contributed by atoms with Gasteiger partial charge >= 0.3 is 0 Å². The van der Waals surface area contributed by atoms with E-state index >= 15 is 0 Å². The minimum atomic E-state index is 0.259. The Hall–Kier alpha value is -0.830. The molecule has 0 atom stereocenters. The lowest BCUT2D eigenvalue weighted by Gasteiger charge is -2.20. The first-order chi connectivity index (χ1) is 7.27. The van der Waals surface area contributed by atoms with Gasteiger partial charge in [0.2, 0.25) is 5.91 Å². The fourth-order valence-corrected chi connectivity index (χ4v) is 2.14. The van der Waals surface area contributed by atoms with Gasteiger partial charge in [-0.3, -0.25) is 4.79 Å². The summed E-state index contributed by atoms with van der Waals surface area (Å²) in [4.78, 5) is 13.7. The molecule has 1 saturated heterocycles. The monoisotopic (exact) mass is 267 g/mol. The topological polar surface area (TPSA) is 20.3 Å². The second kappa shape index (κ2) is 4.79. The van der Waals surface area contributed by atoms with E-state index in [0.29, 0.717) is 6.42 Å². The van der Waals surface area contributed by atoms with E-state index in [1.807, 2.05) is 29.2 Å². The first kappa shape index (κ1) is 10.7. The van der Waals surface area contributed by atoms with Crippen LogP contribution in [-0.2, 0) is 4.79 Å². The van der Waals surface area contributed by atoms with E-state index in [-0.39, 0.29) is 5.91 Å². The van der Waals surface area contributed by atoms with Crippen LogP contribution in [0.25, 0.3) is 0 Å². The van der Waals surface area contributed by atoms with E-state index in [4.69, 9.17) is 0 Å². The molecule has 1 amide bonds. The lowest BCUT2D eigenvalue weighted by Crippen LogP contribution is -2.29. The zero-order valence-corrected chi connectivity index (χ0v) is 10.2. The van der Waals surface area contributed by atoms with E-state index < -0.39 is 0 Å². The smallest absolute Gasteiger partial charge is 0.226 e. The van der Waals surface area contributed by atoms with Crippen molar-refractivity contribution in [3.63, 3.8) is 0 Å². The number of carbonyl (C=O) groups excluding carboxylic acids is 1. The molecule has 1 aromatic carbocycles. The minimum Gasteiger partial charge on any atom is -0.312 e. The molecule has 3 heteroatoms. The van der Waals surface area contributed by atoms with Gasteiger partial charge in [0.15, 0.2) is 0 Å². The number of nitrogens with zero attached hydrogens (tertiary/aromatic N) is 1. The van der Waals surface area contributed by atoms with Crippen LogP contribution in [0.1, 0.15) is 25.7 Å². The summed E-state index contributed by atoms with van der Waals surface area (Å²) in [5.41, 5.74) is 1.02. The molecule has 0 radical (unpaired) electrons. The van der Waals surface area contributed by atoms with Gasteiger partial charge in [0.05, 0.1) is 0 Å². The molecule has 0 aromatic heterocycles. The third-order valence-corrected chi connectivity index (χ3v) is 3.24. The van der Waals surface area contributed by atoms with E-state index in [1.54, 1.807) is 0 Å². The first-order valence-electron chi connectivity index (χ1n) is 5.33. The first-order valence-corrected chi connectivity index (χ1v) is 6.12. The molecule has 1 fully saturated rings. The predicted octanol–water partition coefficient (Wildman–Crippen LogP) is 3.36. The molecule has 2 rings (SSSR count). The summed E-state index contributed by atoms with van der Waals surface area (Å²) in [6.45, 7) is 0.862. The van der Waals surface area contributed by atoms with E-state index in [1.165, 1.54) is 6.42 Å². The molecule has 1 aliphatic rings. The second-order valence-corrected chi connectivity index (χ2v) is 4.75. The maximum atomic E-state index is 11.8. The minimum absolute atomic E-state index is 0.259. The highest BCUT2D eigenvalue weighted by Gasteiger charge is 2.17. The fraction of sp³-hybridized carbons (Fsp3) is 0.417. The van der Waals surface area contributed by atoms with E-state index in [0.717, 1.165) is 29.5 Å². The van der Waals surface area contributed by atoms with Crippen LogP contribution in [0.4, 0.5) is 5.69 Å². The lowest BCUT2D eigenvalue weighted by molar-refractivity contribution is -0.118. The summed E-state index contributed by atoms with van der Waals surface area (Å²) >= 11 is 3.40. The molecule has 0 aliphatic carbocycles. The Morgan fingerprint density at radius 3 is 2.53 bits per heavy atom. The number of anilines is 1. The molecule has 0 spiro atoms. The van der Waals surface area contributed by atoms with Crippen LogP contribution in [0.2, 0.25) is 0 Å². The van der Waals surface area contributed by atoms with Crippen molar-refractivity contribution in [3.8, 4) is 0 Å². The van der Waals surface area contributed by atoms with Gasteiger partial charge in [-0.05, 0) is 37.1 Å². The Kier molecular flexibility index (Phi) is 3.41. The number of hydrogen-bond donors (Lipinski definition) is 0. The average molecular weight is 268 g/mol.